The second kappa shape index (κ2) is 75.7. The van der Waals surface area contributed by atoms with Crippen molar-refractivity contribution in [1.29, 1.82) is 0 Å². The first kappa shape index (κ1) is 92.5. The number of amides is 1. The van der Waals surface area contributed by atoms with E-state index < -0.39 is 20.0 Å². The first-order chi connectivity index (χ1) is 45.5. The summed E-state index contributed by atoms with van der Waals surface area (Å²) in [6.07, 6.45) is 98.4. The molecule has 0 heterocycles. The van der Waals surface area contributed by atoms with Gasteiger partial charge in [0.05, 0.1) is 39.9 Å². The fourth-order valence-corrected chi connectivity index (χ4v) is 14.7. The minimum absolute atomic E-state index is 0.0172. The van der Waals surface area contributed by atoms with Gasteiger partial charge in [-0.25, -0.2) is 0 Å². The van der Waals surface area contributed by atoms with Gasteiger partial charge in [-0.05, 0) is 12.8 Å². The van der Waals surface area contributed by atoms with Crippen LogP contribution >= 0.6 is 7.82 Å². The van der Waals surface area contributed by atoms with E-state index >= 15 is 0 Å². The average Bonchev–Trinajstić information content (AvgIpc) is 2.67. The molecule has 2 N–H and O–H groups in total. The van der Waals surface area contributed by atoms with Crippen LogP contribution in [0.15, 0.2) is 0 Å². The number of likely N-dealkylation sites (N-methyl/N-ethyl adjacent to an activating group) is 1. The third-order valence-electron chi connectivity index (χ3n) is 20.6. The molecule has 0 aliphatic rings. The van der Waals surface area contributed by atoms with Crippen molar-refractivity contribution < 1.29 is 32.9 Å². The Hall–Kier alpha value is -0.500. The number of unbranched alkanes of at least 4 members (excludes halogenated alkanes) is 69. The zero-order chi connectivity index (χ0) is 67.6. The van der Waals surface area contributed by atoms with Gasteiger partial charge in [0.1, 0.15) is 13.2 Å². The zero-order valence-electron chi connectivity index (χ0n) is 64.3. The topological polar surface area (TPSA) is 108 Å². The highest BCUT2D eigenvalue weighted by Crippen LogP contribution is 2.38. The molecule has 0 saturated heterocycles. The predicted octanol–water partition coefficient (Wildman–Crippen LogP) is 27.6. The van der Waals surface area contributed by atoms with Crippen LogP contribution in [0.3, 0.4) is 0 Å². The number of phosphoric ester groups is 1. The first-order valence-corrected chi connectivity index (χ1v) is 44.3. The predicted molar refractivity (Wildman–Crippen MR) is 409 cm³/mol. The van der Waals surface area contributed by atoms with E-state index in [1.807, 2.05) is 21.1 Å². The highest BCUT2D eigenvalue weighted by Gasteiger charge is 2.24. The van der Waals surface area contributed by atoms with Crippen molar-refractivity contribution in [3.8, 4) is 0 Å². The summed E-state index contributed by atoms with van der Waals surface area (Å²) in [5, 5.41) is 14.2. The fraction of sp³-hybridized carbons (Fsp3) is 0.988. The van der Waals surface area contributed by atoms with Crippen molar-refractivity contribution >= 4 is 13.7 Å². The van der Waals surface area contributed by atoms with Gasteiger partial charge in [-0.15, -0.1) is 0 Å². The van der Waals surface area contributed by atoms with Gasteiger partial charge in [-0.3, -0.25) is 9.36 Å². The van der Waals surface area contributed by atoms with Crippen LogP contribution in [0.5, 0.6) is 0 Å². The molecule has 3 unspecified atom stereocenters. The molecule has 0 aliphatic heterocycles. The molecule has 0 aromatic rings. The van der Waals surface area contributed by atoms with Crippen LogP contribution in [0.25, 0.3) is 0 Å². The summed E-state index contributed by atoms with van der Waals surface area (Å²) in [7, 11) is 1.34. The molecule has 1 amide bonds. The largest absolute Gasteiger partial charge is 0.756 e. The van der Waals surface area contributed by atoms with Crippen LogP contribution in [-0.4, -0.2) is 68.5 Å². The van der Waals surface area contributed by atoms with E-state index in [-0.39, 0.29) is 19.1 Å². The van der Waals surface area contributed by atoms with Gasteiger partial charge in [0.25, 0.3) is 7.82 Å². The zero-order valence-corrected chi connectivity index (χ0v) is 65.2. The molecule has 93 heavy (non-hydrogen) atoms. The monoisotopic (exact) mass is 1340 g/mol. The van der Waals surface area contributed by atoms with Crippen LogP contribution in [0.2, 0.25) is 0 Å². The van der Waals surface area contributed by atoms with E-state index in [0.29, 0.717) is 23.9 Å². The van der Waals surface area contributed by atoms with E-state index in [1.54, 1.807) is 0 Å². The lowest BCUT2D eigenvalue weighted by molar-refractivity contribution is -0.870. The van der Waals surface area contributed by atoms with E-state index in [4.69, 9.17) is 9.05 Å². The maximum atomic E-state index is 13.1. The Morgan fingerprint density at radius 1 is 0.333 bits per heavy atom. The number of quaternary nitrogens is 1. The third-order valence-corrected chi connectivity index (χ3v) is 21.6. The van der Waals surface area contributed by atoms with Crippen molar-refractivity contribution in [3.05, 3.63) is 0 Å². The third kappa shape index (κ3) is 78.7. The molecular weight excluding hydrogens is 1160 g/mol. The first-order valence-electron chi connectivity index (χ1n) is 42.9. The number of carbonyl (C=O) groups excluding carboxylic acids is 1. The van der Waals surface area contributed by atoms with E-state index in [2.05, 4.69) is 19.2 Å². The minimum atomic E-state index is -4.58. The molecular formula is C84H171N2O6P. The normalized spacial score (nSPS) is 13.3. The Bertz CT molecular complexity index is 1480. The number of nitrogens with one attached hydrogen (secondary N) is 1. The van der Waals surface area contributed by atoms with Crippen molar-refractivity contribution in [2.24, 2.45) is 0 Å². The number of aliphatic hydroxyl groups excluding tert-OH is 1. The smallest absolute Gasteiger partial charge is 0.268 e. The second-order valence-corrected chi connectivity index (χ2v) is 32.7. The number of phosphoric acid groups is 1. The number of hydrogen-bond donors (Lipinski definition) is 2. The summed E-state index contributed by atoms with van der Waals surface area (Å²) in [6, 6.07) is -0.798. The number of rotatable bonds is 82. The van der Waals surface area contributed by atoms with Crippen LogP contribution in [0.4, 0.5) is 0 Å². The maximum Gasteiger partial charge on any atom is 0.268 e. The van der Waals surface area contributed by atoms with E-state index in [1.165, 1.54) is 417 Å². The Morgan fingerprint density at radius 3 is 0.731 bits per heavy atom. The molecule has 0 aliphatic carbocycles. The molecule has 0 saturated carbocycles. The number of carbonyl (C=O) groups is 1. The summed E-state index contributed by atoms with van der Waals surface area (Å²) < 4.78 is 23.6. The van der Waals surface area contributed by atoms with Crippen molar-refractivity contribution in [2.75, 3.05) is 40.9 Å². The van der Waals surface area contributed by atoms with Crippen LogP contribution in [-0.2, 0) is 18.4 Å². The van der Waals surface area contributed by atoms with Crippen LogP contribution < -0.4 is 10.2 Å². The van der Waals surface area contributed by atoms with Crippen molar-refractivity contribution in [1.82, 2.24) is 5.32 Å². The van der Waals surface area contributed by atoms with Gasteiger partial charge in [-0.1, -0.05) is 463 Å². The van der Waals surface area contributed by atoms with Crippen LogP contribution in [0.1, 0.15) is 483 Å². The van der Waals surface area contributed by atoms with Gasteiger partial charge in [0.2, 0.25) is 5.91 Å². The SMILES string of the molecule is CCCCCCCCCCCCCCCCCCCCCCCCCCCCCCCCCCCCCCCCCCC(=O)NC(COP(=O)([O-])OCC[N+](C)(C)C)C(O)CCCCCCCCCCCCCCCCCCCCCCCCCCCCCCCCC. The Morgan fingerprint density at radius 2 is 0.527 bits per heavy atom. The highest BCUT2D eigenvalue weighted by atomic mass is 31.2. The Labute approximate surface area is 584 Å². The average molecular weight is 1340 g/mol. The van der Waals surface area contributed by atoms with Gasteiger partial charge in [-0.2, -0.15) is 0 Å². The van der Waals surface area contributed by atoms with Crippen LogP contribution in [0, 0.1) is 0 Å². The van der Waals surface area contributed by atoms with Crippen molar-refractivity contribution in [3.63, 3.8) is 0 Å². The molecule has 0 aromatic carbocycles. The molecule has 0 aromatic heterocycles. The maximum absolute atomic E-state index is 13.1. The molecule has 0 radical (unpaired) electrons. The lowest BCUT2D eigenvalue weighted by atomic mass is 10.0. The molecule has 3 atom stereocenters. The minimum Gasteiger partial charge on any atom is -0.756 e. The standard InChI is InChI=1S/C84H171N2O6P/c1-6-8-10-12-14-16-18-20-22-24-26-28-30-32-34-36-38-39-40-41-42-43-44-45-46-48-50-52-54-56-58-60-62-64-66-68-70-72-74-76-78-84(88)85-82(81-92-93(89,90)91-80-79-86(3,4)5)83(87)77-75-73-71-69-67-65-63-61-59-57-55-53-51-49-47-37-35-33-31-29-27-25-23-21-19-17-15-13-11-9-7-2/h82-83,87H,6-81H2,1-5H3,(H-,85,88,89,90). The van der Waals surface area contributed by atoms with Crippen molar-refractivity contribution in [2.45, 2.75) is 495 Å². The summed E-state index contributed by atoms with van der Waals surface area (Å²) in [6.45, 7) is 4.82. The molecule has 0 rings (SSSR count). The quantitative estimate of drug-likeness (QED) is 0.0357. The van der Waals surface area contributed by atoms with Gasteiger partial charge >= 0.3 is 0 Å². The Balaban J connectivity index is 3.84. The van der Waals surface area contributed by atoms with E-state index in [0.717, 1.165) is 38.5 Å². The van der Waals surface area contributed by atoms with Gasteiger partial charge in [0.15, 0.2) is 0 Å². The summed E-state index contributed by atoms with van der Waals surface area (Å²) >= 11 is 0. The number of nitrogens with zero attached hydrogens (tertiary/aromatic N) is 1. The molecule has 8 nitrogen and oxygen atoms in total. The molecule has 558 valence electrons. The summed E-state index contributed by atoms with van der Waals surface area (Å²) in [5.41, 5.74) is 0. The number of hydrogen-bond acceptors (Lipinski definition) is 6. The van der Waals surface area contributed by atoms with E-state index in [9.17, 15) is 19.4 Å². The Kier molecular flexibility index (Phi) is 75.3. The summed E-state index contributed by atoms with van der Waals surface area (Å²) in [5.74, 6) is -0.151. The molecule has 0 spiro atoms. The van der Waals surface area contributed by atoms with Gasteiger partial charge < -0.3 is 28.8 Å². The lowest BCUT2D eigenvalue weighted by Crippen LogP contribution is -2.46. The second-order valence-electron chi connectivity index (χ2n) is 31.3. The fourth-order valence-electron chi connectivity index (χ4n) is 14.0. The molecule has 0 bridgehead atoms. The molecule has 9 heteroatoms. The van der Waals surface area contributed by atoms with Gasteiger partial charge in [0, 0.05) is 6.42 Å². The highest BCUT2D eigenvalue weighted by molar-refractivity contribution is 7.45. The molecule has 0 fully saturated rings. The lowest BCUT2D eigenvalue weighted by Gasteiger charge is -2.30. The summed E-state index contributed by atoms with van der Waals surface area (Å²) in [4.78, 5) is 25.8. The number of aliphatic hydroxyl groups is 1.